The number of furan rings is 1. The zero-order valence-electron chi connectivity index (χ0n) is 11.7. The van der Waals surface area contributed by atoms with Crippen molar-refractivity contribution in [3.05, 3.63) is 89.9 Å². The number of ether oxygens (including phenoxy) is 1. The number of para-hydroxylation sites is 1. The third kappa shape index (κ3) is 2.81. The van der Waals surface area contributed by atoms with E-state index in [4.69, 9.17) is 14.6 Å². The van der Waals surface area contributed by atoms with Gasteiger partial charge in [-0.2, -0.15) is 0 Å². The second-order valence-electron chi connectivity index (χ2n) is 4.60. The van der Waals surface area contributed by atoms with Gasteiger partial charge in [0.1, 0.15) is 11.5 Å². The number of carbonyl (C=O) groups excluding carboxylic acids is 1. The Morgan fingerprint density at radius 3 is 2.36 bits per heavy atom. The fourth-order valence-corrected chi connectivity index (χ4v) is 2.05. The highest BCUT2D eigenvalue weighted by atomic mass is 16.5. The summed E-state index contributed by atoms with van der Waals surface area (Å²) >= 11 is 0. The van der Waals surface area contributed by atoms with Crippen LogP contribution >= 0.6 is 0 Å². The van der Waals surface area contributed by atoms with Crippen LogP contribution in [0.15, 0.2) is 77.4 Å². The maximum atomic E-state index is 12.2. The molecule has 108 valence electrons. The van der Waals surface area contributed by atoms with Crippen LogP contribution in [0.3, 0.4) is 0 Å². The molecule has 0 aliphatic carbocycles. The molecule has 0 radical (unpaired) electrons. The summed E-state index contributed by atoms with van der Waals surface area (Å²) in [4.78, 5) is 12.2. The number of nitrogens with one attached hydrogen (secondary N) is 1. The van der Waals surface area contributed by atoms with Crippen molar-refractivity contribution in [1.82, 2.24) is 0 Å². The lowest BCUT2D eigenvalue weighted by molar-refractivity contribution is 0.0734. The van der Waals surface area contributed by atoms with E-state index < -0.39 is 5.97 Å². The molecule has 3 rings (SSSR count). The molecule has 1 heterocycles. The van der Waals surface area contributed by atoms with Crippen LogP contribution in [0, 0.1) is 5.41 Å². The van der Waals surface area contributed by atoms with Gasteiger partial charge in [-0.15, -0.1) is 0 Å². The molecule has 0 aliphatic rings. The van der Waals surface area contributed by atoms with Gasteiger partial charge in [0.2, 0.25) is 0 Å². The van der Waals surface area contributed by atoms with E-state index in [0.717, 1.165) is 0 Å². The fourth-order valence-electron chi connectivity index (χ4n) is 2.05. The van der Waals surface area contributed by atoms with Gasteiger partial charge in [0.15, 0.2) is 5.76 Å². The van der Waals surface area contributed by atoms with E-state index in [2.05, 4.69) is 0 Å². The van der Waals surface area contributed by atoms with Gasteiger partial charge in [-0.3, -0.25) is 5.41 Å². The summed E-state index contributed by atoms with van der Waals surface area (Å²) in [5.74, 6) is 0.293. The van der Waals surface area contributed by atoms with Gasteiger partial charge in [-0.25, -0.2) is 4.79 Å². The minimum Gasteiger partial charge on any atom is -0.463 e. The Hall–Kier alpha value is -3.14. The minimum absolute atomic E-state index is 0.168. The first-order valence-corrected chi connectivity index (χ1v) is 6.75. The van der Waals surface area contributed by atoms with Gasteiger partial charge in [0.25, 0.3) is 0 Å². The van der Waals surface area contributed by atoms with Gasteiger partial charge < -0.3 is 9.15 Å². The van der Waals surface area contributed by atoms with Crippen molar-refractivity contribution in [2.75, 3.05) is 0 Å². The first-order valence-electron chi connectivity index (χ1n) is 6.75. The number of esters is 1. The van der Waals surface area contributed by atoms with Crippen molar-refractivity contribution in [1.29, 1.82) is 5.41 Å². The number of hydrogen-bond acceptors (Lipinski definition) is 4. The van der Waals surface area contributed by atoms with Crippen LogP contribution in [0.25, 0.3) is 0 Å². The van der Waals surface area contributed by atoms with E-state index in [1.807, 2.05) is 6.07 Å². The Morgan fingerprint density at radius 2 is 1.64 bits per heavy atom. The standard InChI is InChI=1S/C18H13NO3/c19-17(16-11-6-12-21-16)14-9-4-5-10-15(14)22-18(20)13-7-2-1-3-8-13/h1-12,19H. The van der Waals surface area contributed by atoms with E-state index in [0.29, 0.717) is 22.6 Å². The molecule has 1 aromatic heterocycles. The summed E-state index contributed by atoms with van der Waals surface area (Å²) in [6.07, 6.45) is 1.50. The van der Waals surface area contributed by atoms with Crippen LogP contribution in [0.1, 0.15) is 21.7 Å². The van der Waals surface area contributed by atoms with Gasteiger partial charge >= 0.3 is 5.97 Å². The Bertz CT molecular complexity index is 792. The van der Waals surface area contributed by atoms with Crippen LogP contribution in [0.5, 0.6) is 5.75 Å². The van der Waals surface area contributed by atoms with Gasteiger partial charge in [0.05, 0.1) is 11.8 Å². The van der Waals surface area contributed by atoms with Crippen molar-refractivity contribution < 1.29 is 13.9 Å². The number of rotatable bonds is 4. The van der Waals surface area contributed by atoms with Crippen molar-refractivity contribution in [3.8, 4) is 5.75 Å². The molecule has 0 amide bonds. The molecule has 2 aromatic carbocycles. The maximum Gasteiger partial charge on any atom is 0.343 e. The molecule has 3 aromatic rings. The third-order valence-corrected chi connectivity index (χ3v) is 3.14. The van der Waals surface area contributed by atoms with Crippen LogP contribution in [-0.2, 0) is 0 Å². The second kappa shape index (κ2) is 6.10. The molecule has 4 nitrogen and oxygen atoms in total. The van der Waals surface area contributed by atoms with Crippen molar-refractivity contribution in [3.63, 3.8) is 0 Å². The molecule has 1 N–H and O–H groups in total. The van der Waals surface area contributed by atoms with Crippen LogP contribution in [-0.4, -0.2) is 11.7 Å². The number of carbonyl (C=O) groups is 1. The average molecular weight is 291 g/mol. The van der Waals surface area contributed by atoms with Crippen LogP contribution in [0.2, 0.25) is 0 Å². The Balaban J connectivity index is 1.89. The highest BCUT2D eigenvalue weighted by molar-refractivity contribution is 6.11. The fraction of sp³-hybridized carbons (Fsp3) is 0. The predicted molar refractivity (Wildman–Crippen MR) is 82.5 cm³/mol. The topological polar surface area (TPSA) is 63.3 Å². The molecular formula is C18H13NO3. The summed E-state index contributed by atoms with van der Waals surface area (Å²) < 4.78 is 10.7. The smallest absolute Gasteiger partial charge is 0.343 e. The maximum absolute atomic E-state index is 12.2. The minimum atomic E-state index is -0.458. The molecule has 0 spiro atoms. The molecule has 0 fully saturated rings. The summed E-state index contributed by atoms with van der Waals surface area (Å²) in [6.45, 7) is 0. The molecule has 22 heavy (non-hydrogen) atoms. The van der Waals surface area contributed by atoms with Crippen molar-refractivity contribution in [2.45, 2.75) is 0 Å². The first kappa shape index (κ1) is 13.8. The summed E-state index contributed by atoms with van der Waals surface area (Å²) in [5, 5.41) is 8.19. The zero-order chi connectivity index (χ0) is 15.4. The van der Waals surface area contributed by atoms with Crippen molar-refractivity contribution >= 4 is 11.7 Å². The zero-order valence-corrected chi connectivity index (χ0v) is 11.7. The highest BCUT2D eigenvalue weighted by Crippen LogP contribution is 2.22. The van der Waals surface area contributed by atoms with Crippen LogP contribution < -0.4 is 4.74 Å². The van der Waals surface area contributed by atoms with E-state index >= 15 is 0 Å². The monoisotopic (exact) mass is 291 g/mol. The third-order valence-electron chi connectivity index (χ3n) is 3.14. The normalized spacial score (nSPS) is 10.2. The van der Waals surface area contributed by atoms with E-state index in [9.17, 15) is 4.79 Å². The molecule has 0 bridgehead atoms. The van der Waals surface area contributed by atoms with E-state index in [-0.39, 0.29) is 5.71 Å². The van der Waals surface area contributed by atoms with Gasteiger partial charge in [-0.05, 0) is 36.4 Å². The first-order chi connectivity index (χ1) is 10.8. The molecule has 0 unspecified atom stereocenters. The van der Waals surface area contributed by atoms with Gasteiger partial charge in [-0.1, -0.05) is 30.3 Å². The number of hydrogen-bond donors (Lipinski definition) is 1. The van der Waals surface area contributed by atoms with Gasteiger partial charge in [0, 0.05) is 5.56 Å². The highest BCUT2D eigenvalue weighted by Gasteiger charge is 2.16. The molecule has 4 heteroatoms. The van der Waals surface area contributed by atoms with Crippen molar-refractivity contribution in [2.24, 2.45) is 0 Å². The number of benzene rings is 2. The predicted octanol–water partition coefficient (Wildman–Crippen LogP) is 3.91. The Labute approximate surface area is 127 Å². The van der Waals surface area contributed by atoms with E-state index in [1.165, 1.54) is 6.26 Å². The summed E-state index contributed by atoms with van der Waals surface area (Å²) in [6, 6.07) is 19.1. The molecule has 0 saturated heterocycles. The summed E-state index contributed by atoms with van der Waals surface area (Å²) in [5.41, 5.74) is 1.13. The SMILES string of the molecule is N=C(c1ccco1)c1ccccc1OC(=O)c1ccccc1. The molecule has 0 atom stereocenters. The largest absolute Gasteiger partial charge is 0.463 e. The lowest BCUT2D eigenvalue weighted by Crippen LogP contribution is -2.11. The van der Waals surface area contributed by atoms with E-state index in [1.54, 1.807) is 60.7 Å². The molecule has 0 aliphatic heterocycles. The second-order valence-corrected chi connectivity index (χ2v) is 4.60. The lowest BCUT2D eigenvalue weighted by atomic mass is 10.1. The Kier molecular flexibility index (Phi) is 3.83. The molecule has 0 saturated carbocycles. The summed E-state index contributed by atoms with van der Waals surface area (Å²) in [7, 11) is 0. The van der Waals surface area contributed by atoms with Crippen LogP contribution in [0.4, 0.5) is 0 Å². The Morgan fingerprint density at radius 1 is 0.909 bits per heavy atom. The lowest BCUT2D eigenvalue weighted by Gasteiger charge is -2.09. The average Bonchev–Trinajstić information content (AvgIpc) is 3.10. The quantitative estimate of drug-likeness (QED) is 0.450. The molecular weight excluding hydrogens is 278 g/mol.